The molecule has 0 aromatic heterocycles. The number of nitrogens with one attached hydrogen (secondary N) is 2. The van der Waals surface area contributed by atoms with Crippen LogP contribution in [0.4, 0.5) is 11.4 Å². The van der Waals surface area contributed by atoms with Crippen LogP contribution in [0, 0.1) is 0 Å². The Labute approximate surface area is 173 Å². The summed E-state index contributed by atoms with van der Waals surface area (Å²) in [5.74, 6) is 0.126. The number of para-hydroxylation sites is 2. The molecule has 1 fully saturated rings. The van der Waals surface area contributed by atoms with Crippen LogP contribution in [0.1, 0.15) is 44.6 Å². The van der Waals surface area contributed by atoms with Crippen LogP contribution in [0.2, 0.25) is 0 Å². The van der Waals surface area contributed by atoms with Gasteiger partial charge in [0, 0.05) is 26.1 Å². The van der Waals surface area contributed by atoms with Gasteiger partial charge in [0.05, 0.1) is 16.3 Å². The van der Waals surface area contributed by atoms with Crippen LogP contribution < -0.4 is 14.9 Å². The molecule has 7 heteroatoms. The predicted octanol–water partition coefficient (Wildman–Crippen LogP) is 3.72. The Morgan fingerprint density at radius 3 is 2.34 bits per heavy atom. The third-order valence-corrected chi connectivity index (χ3v) is 6.60. The SMILES string of the molecule is CC(C)c1ccc(S(=O)(=O)NCCC(=O)Nc2ccccc2N2CCCC2)cc1. The molecular formula is C22H29N3O3S. The maximum absolute atomic E-state index is 12.4. The molecule has 0 spiro atoms. The largest absolute Gasteiger partial charge is 0.370 e. The van der Waals surface area contributed by atoms with E-state index in [0.717, 1.165) is 42.9 Å². The van der Waals surface area contributed by atoms with Crippen molar-refractivity contribution in [3.63, 3.8) is 0 Å². The minimum Gasteiger partial charge on any atom is -0.370 e. The van der Waals surface area contributed by atoms with Gasteiger partial charge in [0.15, 0.2) is 0 Å². The van der Waals surface area contributed by atoms with Crippen LogP contribution in [0.15, 0.2) is 53.4 Å². The molecule has 1 amide bonds. The van der Waals surface area contributed by atoms with Crippen molar-refractivity contribution in [1.29, 1.82) is 0 Å². The smallest absolute Gasteiger partial charge is 0.240 e. The Balaban J connectivity index is 1.55. The zero-order valence-corrected chi connectivity index (χ0v) is 17.8. The van der Waals surface area contributed by atoms with Crippen LogP contribution in [-0.2, 0) is 14.8 Å². The molecule has 0 saturated carbocycles. The van der Waals surface area contributed by atoms with Crippen LogP contribution in [-0.4, -0.2) is 34.0 Å². The number of rotatable bonds is 8. The summed E-state index contributed by atoms with van der Waals surface area (Å²) in [5.41, 5.74) is 2.87. The van der Waals surface area contributed by atoms with Crippen molar-refractivity contribution >= 4 is 27.3 Å². The highest BCUT2D eigenvalue weighted by Gasteiger charge is 2.17. The fourth-order valence-corrected chi connectivity index (χ4v) is 4.47. The zero-order valence-electron chi connectivity index (χ0n) is 17.0. The Kier molecular flexibility index (Phi) is 6.92. The summed E-state index contributed by atoms with van der Waals surface area (Å²) in [6.07, 6.45) is 2.38. The number of carbonyl (C=O) groups excluding carboxylic acids is 1. The number of benzene rings is 2. The molecule has 2 aromatic rings. The number of hydrogen-bond donors (Lipinski definition) is 2. The predicted molar refractivity (Wildman–Crippen MR) is 117 cm³/mol. The lowest BCUT2D eigenvalue weighted by atomic mass is 10.0. The second kappa shape index (κ2) is 9.41. The Bertz CT molecular complexity index is 934. The lowest BCUT2D eigenvalue weighted by molar-refractivity contribution is -0.116. The number of amides is 1. The third kappa shape index (κ3) is 5.58. The van der Waals surface area contributed by atoms with E-state index in [0.29, 0.717) is 5.92 Å². The average Bonchev–Trinajstić information content (AvgIpc) is 3.23. The van der Waals surface area contributed by atoms with E-state index >= 15 is 0 Å². The molecule has 0 aliphatic carbocycles. The van der Waals surface area contributed by atoms with Crippen LogP contribution in [0.5, 0.6) is 0 Å². The van der Waals surface area contributed by atoms with E-state index in [9.17, 15) is 13.2 Å². The quantitative estimate of drug-likeness (QED) is 0.689. The highest BCUT2D eigenvalue weighted by molar-refractivity contribution is 7.89. The standard InChI is InChI=1S/C22H29N3O3S/c1-17(2)18-9-11-19(12-10-18)29(27,28)23-14-13-22(26)24-20-7-3-4-8-21(20)25-15-5-6-16-25/h3-4,7-12,17,23H,5-6,13-16H2,1-2H3,(H,24,26). The van der Waals surface area contributed by atoms with Gasteiger partial charge in [-0.25, -0.2) is 13.1 Å². The molecule has 156 valence electrons. The number of carbonyl (C=O) groups is 1. The first-order valence-electron chi connectivity index (χ1n) is 10.1. The van der Waals surface area contributed by atoms with Gasteiger partial charge < -0.3 is 10.2 Å². The molecular weight excluding hydrogens is 386 g/mol. The first-order chi connectivity index (χ1) is 13.9. The van der Waals surface area contributed by atoms with E-state index in [4.69, 9.17) is 0 Å². The second-order valence-electron chi connectivity index (χ2n) is 7.63. The van der Waals surface area contributed by atoms with Gasteiger partial charge in [-0.15, -0.1) is 0 Å². The van der Waals surface area contributed by atoms with Crippen molar-refractivity contribution in [3.8, 4) is 0 Å². The van der Waals surface area contributed by atoms with Crippen molar-refractivity contribution in [2.75, 3.05) is 29.9 Å². The maximum atomic E-state index is 12.4. The molecule has 3 rings (SSSR count). The van der Waals surface area contributed by atoms with Crippen molar-refractivity contribution in [2.24, 2.45) is 0 Å². The van der Waals surface area contributed by atoms with Crippen LogP contribution in [0.3, 0.4) is 0 Å². The number of hydrogen-bond acceptors (Lipinski definition) is 4. The molecule has 1 aliphatic heterocycles. The van der Waals surface area contributed by atoms with E-state index in [-0.39, 0.29) is 23.8 Å². The molecule has 29 heavy (non-hydrogen) atoms. The topological polar surface area (TPSA) is 78.5 Å². The van der Waals surface area contributed by atoms with Gasteiger partial charge in [-0.1, -0.05) is 38.1 Å². The molecule has 0 atom stereocenters. The highest BCUT2D eigenvalue weighted by atomic mass is 32.2. The van der Waals surface area contributed by atoms with Crippen molar-refractivity contribution < 1.29 is 13.2 Å². The van der Waals surface area contributed by atoms with Gasteiger partial charge in [0.2, 0.25) is 15.9 Å². The first-order valence-corrected chi connectivity index (χ1v) is 11.6. The van der Waals surface area contributed by atoms with Gasteiger partial charge in [-0.05, 0) is 48.6 Å². The van der Waals surface area contributed by atoms with Gasteiger partial charge in [-0.2, -0.15) is 0 Å². The van der Waals surface area contributed by atoms with E-state index in [1.165, 1.54) is 0 Å². The second-order valence-corrected chi connectivity index (χ2v) is 9.40. The summed E-state index contributed by atoms with van der Waals surface area (Å²) in [7, 11) is -3.63. The van der Waals surface area contributed by atoms with Crippen molar-refractivity contribution in [2.45, 2.75) is 43.9 Å². The van der Waals surface area contributed by atoms with Gasteiger partial charge in [-0.3, -0.25) is 4.79 Å². The van der Waals surface area contributed by atoms with Crippen LogP contribution >= 0.6 is 0 Å². The molecule has 2 N–H and O–H groups in total. The highest BCUT2D eigenvalue weighted by Crippen LogP contribution is 2.28. The summed E-state index contributed by atoms with van der Waals surface area (Å²) < 4.78 is 27.4. The summed E-state index contributed by atoms with van der Waals surface area (Å²) in [5, 5.41) is 2.92. The van der Waals surface area contributed by atoms with E-state index in [1.807, 2.05) is 36.4 Å². The molecule has 1 saturated heterocycles. The molecule has 6 nitrogen and oxygen atoms in total. The minimum atomic E-state index is -3.63. The summed E-state index contributed by atoms with van der Waals surface area (Å²) in [6.45, 7) is 6.14. The Morgan fingerprint density at radius 2 is 1.69 bits per heavy atom. The third-order valence-electron chi connectivity index (χ3n) is 5.13. The number of nitrogens with zero attached hydrogens (tertiary/aromatic N) is 1. The molecule has 1 heterocycles. The van der Waals surface area contributed by atoms with Crippen molar-refractivity contribution in [1.82, 2.24) is 4.72 Å². The summed E-state index contributed by atoms with van der Waals surface area (Å²) in [4.78, 5) is 14.8. The molecule has 2 aromatic carbocycles. The molecule has 1 aliphatic rings. The molecule has 0 unspecified atom stereocenters. The van der Waals surface area contributed by atoms with E-state index in [1.54, 1.807) is 12.1 Å². The van der Waals surface area contributed by atoms with E-state index < -0.39 is 10.0 Å². The lowest BCUT2D eigenvalue weighted by Gasteiger charge is -2.21. The lowest BCUT2D eigenvalue weighted by Crippen LogP contribution is -2.28. The van der Waals surface area contributed by atoms with Crippen LogP contribution in [0.25, 0.3) is 0 Å². The Hall–Kier alpha value is -2.38. The average molecular weight is 416 g/mol. The normalized spacial score (nSPS) is 14.4. The monoisotopic (exact) mass is 415 g/mol. The molecule has 0 radical (unpaired) electrons. The summed E-state index contributed by atoms with van der Waals surface area (Å²) in [6, 6.07) is 14.6. The zero-order chi connectivity index (χ0) is 20.9. The Morgan fingerprint density at radius 1 is 1.03 bits per heavy atom. The maximum Gasteiger partial charge on any atom is 0.240 e. The number of sulfonamides is 1. The van der Waals surface area contributed by atoms with Gasteiger partial charge >= 0.3 is 0 Å². The molecule has 0 bridgehead atoms. The minimum absolute atomic E-state index is 0.0476. The fourth-order valence-electron chi connectivity index (χ4n) is 3.44. The van der Waals surface area contributed by atoms with Crippen molar-refractivity contribution in [3.05, 3.63) is 54.1 Å². The van der Waals surface area contributed by atoms with Gasteiger partial charge in [0.1, 0.15) is 0 Å². The fraction of sp³-hybridized carbons (Fsp3) is 0.409. The summed E-state index contributed by atoms with van der Waals surface area (Å²) >= 11 is 0. The van der Waals surface area contributed by atoms with Gasteiger partial charge in [0.25, 0.3) is 0 Å². The number of anilines is 2. The van der Waals surface area contributed by atoms with E-state index in [2.05, 4.69) is 28.8 Å². The first kappa shape index (κ1) is 21.3.